The minimum atomic E-state index is -1.20. The van der Waals surface area contributed by atoms with Gasteiger partial charge in [-0.2, -0.15) is 0 Å². The Labute approximate surface area is 823 Å². The Morgan fingerprint density at radius 1 is 0.248 bits per heavy atom. The minimum absolute atomic E-state index is 0.115. The first-order chi connectivity index (χ1) is 66.5. The van der Waals surface area contributed by atoms with Crippen molar-refractivity contribution in [1.82, 2.24) is 0 Å². The summed E-state index contributed by atoms with van der Waals surface area (Å²) in [7, 11) is 0. The maximum Gasteiger partial charge on any atom is 0.310 e. The maximum absolute atomic E-state index is 10.9. The van der Waals surface area contributed by atoms with Gasteiger partial charge < -0.3 is 129 Å². The lowest BCUT2D eigenvalue weighted by Gasteiger charge is -2.28. The fraction of sp³-hybridized carbons (Fsp3) is 0.648. The summed E-state index contributed by atoms with van der Waals surface area (Å²) in [6.45, 7) is 66.4. The van der Waals surface area contributed by atoms with Crippen LogP contribution in [0, 0.1) is 0 Å². The van der Waals surface area contributed by atoms with E-state index in [1.54, 1.807) is 38.7 Å². The van der Waals surface area contributed by atoms with Crippen molar-refractivity contribution in [3.8, 4) is 0 Å². The number of hydrogen-bond donors (Lipinski definition) is 2. The van der Waals surface area contributed by atoms with Gasteiger partial charge in [-0.3, -0.25) is 9.59 Å². The molecule has 2 N–H and O–H groups in total. The average Bonchev–Trinajstić information content (AvgIpc) is 0.792. The molecule has 4 aromatic rings. The summed E-state index contributed by atoms with van der Waals surface area (Å²) >= 11 is 0. The van der Waals surface area contributed by atoms with Crippen molar-refractivity contribution in [2.75, 3.05) is 297 Å². The molecule has 0 bridgehead atoms. The van der Waals surface area contributed by atoms with Crippen LogP contribution in [0.2, 0.25) is 0 Å². The number of ether oxygens (including phenoxy) is 25. The van der Waals surface area contributed by atoms with Crippen molar-refractivity contribution in [2.45, 2.75) is 166 Å². The fourth-order valence-corrected chi connectivity index (χ4v) is 11.3. The number of carbonyl (C=O) groups excluding carboxylic acids is 2. The van der Waals surface area contributed by atoms with Gasteiger partial charge in [-0.1, -0.05) is 148 Å². The second-order valence-electron chi connectivity index (χ2n) is 31.8. The van der Waals surface area contributed by atoms with Crippen LogP contribution in [0.1, 0.15) is 200 Å². The quantitative estimate of drug-likeness (QED) is 0.0180. The van der Waals surface area contributed by atoms with E-state index in [4.69, 9.17) is 114 Å². The largest absolute Gasteiger partial charge is 0.498 e. The SMILES string of the molecule is C=C(COCCOCCOCCC)c1cccc(C(=C)COCCOCCOCCC)c1.C=C(COCCOCCOCCC)c1cccc(C(C)=COCCOCCOCCC)c1.CC(=O)OC(C)=O.CCCOCCOCCOC=C(C)c1cccc(C(C)=COCCOCCOCCC)c1.CCCOCCOCCOCC(C)(O)c1cccc(C(C)(O)COCCOCCOCCC)c1. The van der Waals surface area contributed by atoms with Crippen LogP contribution in [0.5, 0.6) is 0 Å². The van der Waals surface area contributed by atoms with Gasteiger partial charge in [0.15, 0.2) is 0 Å². The van der Waals surface area contributed by atoms with Gasteiger partial charge in [0.05, 0.1) is 243 Å². The van der Waals surface area contributed by atoms with E-state index in [1.807, 2.05) is 75.4 Å². The zero-order chi connectivity index (χ0) is 101. The van der Waals surface area contributed by atoms with Crippen LogP contribution in [0.3, 0.4) is 0 Å². The van der Waals surface area contributed by atoms with E-state index in [1.165, 1.54) is 13.8 Å². The molecule has 137 heavy (non-hydrogen) atoms. The molecule has 0 aliphatic carbocycles. The molecular formula is C108H178O29. The van der Waals surface area contributed by atoms with Gasteiger partial charge in [0, 0.05) is 66.7 Å². The number of esters is 2. The third kappa shape index (κ3) is 78.3. The van der Waals surface area contributed by atoms with Gasteiger partial charge >= 0.3 is 11.9 Å². The predicted molar refractivity (Wildman–Crippen MR) is 543 cm³/mol. The van der Waals surface area contributed by atoms with Crippen molar-refractivity contribution in [2.24, 2.45) is 0 Å². The highest BCUT2D eigenvalue weighted by atomic mass is 16.6. The van der Waals surface area contributed by atoms with E-state index in [9.17, 15) is 19.8 Å². The topological polar surface area (TPSA) is 305 Å². The highest BCUT2D eigenvalue weighted by molar-refractivity contribution is 5.82. The smallest absolute Gasteiger partial charge is 0.310 e. The molecule has 0 aromatic heterocycles. The van der Waals surface area contributed by atoms with Crippen LogP contribution in [0.4, 0.5) is 0 Å². The summed E-state index contributed by atoms with van der Waals surface area (Å²) < 4.78 is 136. The summed E-state index contributed by atoms with van der Waals surface area (Å²) in [6.07, 6.45) is 13.5. The summed E-state index contributed by atoms with van der Waals surface area (Å²) in [4.78, 5) is 19.6. The van der Waals surface area contributed by atoms with E-state index >= 15 is 0 Å². The third-order valence-corrected chi connectivity index (χ3v) is 18.6. The summed E-state index contributed by atoms with van der Waals surface area (Å²) in [5, 5.41) is 21.8. The van der Waals surface area contributed by atoms with Gasteiger partial charge in [0.2, 0.25) is 0 Å². The molecule has 29 nitrogen and oxygen atoms in total. The van der Waals surface area contributed by atoms with Crippen molar-refractivity contribution in [3.63, 3.8) is 0 Å². The molecule has 29 heteroatoms. The first kappa shape index (κ1) is 130. The Morgan fingerprint density at radius 2 is 0.423 bits per heavy atom. The lowest BCUT2D eigenvalue weighted by atomic mass is 9.90. The highest BCUT2D eigenvalue weighted by Gasteiger charge is 2.29. The Balaban J connectivity index is 0.00000176. The van der Waals surface area contributed by atoms with E-state index < -0.39 is 23.1 Å². The van der Waals surface area contributed by atoms with Gasteiger partial charge in [-0.05, 0) is 188 Å². The Bertz CT molecular complexity index is 3460. The molecule has 784 valence electrons. The van der Waals surface area contributed by atoms with Crippen molar-refractivity contribution >= 4 is 45.4 Å². The third-order valence-electron chi connectivity index (χ3n) is 18.6. The molecule has 0 radical (unpaired) electrons. The van der Waals surface area contributed by atoms with E-state index in [2.05, 4.69) is 116 Å². The van der Waals surface area contributed by atoms with Crippen molar-refractivity contribution in [3.05, 3.63) is 180 Å². The van der Waals surface area contributed by atoms with Crippen LogP contribution < -0.4 is 0 Å². The lowest BCUT2D eigenvalue weighted by molar-refractivity contribution is -0.156. The molecule has 0 aliphatic rings. The second kappa shape index (κ2) is 93.9. The standard InChI is InChI=1S/C26H46O8.3C26H42O6.C4H6O3/c1-5-10-29-12-14-31-16-18-33-21-25(3,27)23-8-7-9-24(20-23)26(4,28)22-34-19-17-32-15-13-30-11-6-2;3*1-5-10-27-12-14-29-16-18-31-21-23(3)25-8-7-9-26(20-25)24(4)22-32-19-17-30-15-13-28-11-6-2;1-3(5)7-4(2)6/h7-9,20,27-28H,5-6,10-19,21-22H2,1-4H3;7-9,20-22H,5-6,10-19H2,1-4H3;7-9,20,22H,3,5-6,10-19,21H2,1-2,4H3;7-9,20H,3-6,10-19,21-22H2,1-2H3;1-2H3. The molecule has 2 unspecified atom stereocenters. The Morgan fingerprint density at radius 3 is 0.635 bits per heavy atom. The number of benzene rings is 4. The zero-order valence-electron chi connectivity index (χ0n) is 86.5. The predicted octanol–water partition coefficient (Wildman–Crippen LogP) is 18.1. The molecule has 0 saturated carbocycles. The minimum Gasteiger partial charge on any atom is -0.498 e. The summed E-state index contributed by atoms with van der Waals surface area (Å²) in [5.41, 5.74) is 11.3. The second-order valence-corrected chi connectivity index (χ2v) is 31.8. The fourth-order valence-electron chi connectivity index (χ4n) is 11.3. The van der Waals surface area contributed by atoms with Gasteiger partial charge in [0.25, 0.3) is 0 Å². The number of aliphatic hydroxyl groups is 2. The molecule has 0 spiro atoms. The molecule has 0 heterocycles. The molecule has 0 saturated heterocycles. The monoisotopic (exact) mass is 1940 g/mol. The molecule has 4 rings (SSSR count). The number of allylic oxidation sites excluding steroid dienone is 3. The van der Waals surface area contributed by atoms with Gasteiger partial charge in [-0.25, -0.2) is 0 Å². The van der Waals surface area contributed by atoms with E-state index in [-0.39, 0.29) is 13.2 Å². The van der Waals surface area contributed by atoms with Crippen LogP contribution in [-0.2, 0) is 139 Å². The normalized spacial score (nSPS) is 12.3. The van der Waals surface area contributed by atoms with Crippen molar-refractivity contribution < 1.29 is 138 Å². The van der Waals surface area contributed by atoms with Crippen LogP contribution in [-0.4, -0.2) is 319 Å². The number of carbonyl (C=O) groups is 2. The number of rotatable bonds is 85. The molecule has 0 amide bonds. The lowest BCUT2D eigenvalue weighted by Crippen LogP contribution is -2.31. The zero-order valence-corrected chi connectivity index (χ0v) is 86.5. The maximum atomic E-state index is 10.9. The van der Waals surface area contributed by atoms with Gasteiger partial charge in [-0.15, -0.1) is 0 Å². The molecular weight excluding hydrogens is 1760 g/mol. The molecule has 2 atom stereocenters. The Hall–Kier alpha value is -7.06. The van der Waals surface area contributed by atoms with E-state index in [0.717, 1.165) is 171 Å². The molecule has 0 aliphatic heterocycles. The van der Waals surface area contributed by atoms with E-state index in [0.29, 0.717) is 242 Å². The molecule has 4 aromatic carbocycles. The first-order valence-electron chi connectivity index (χ1n) is 49.1. The van der Waals surface area contributed by atoms with Crippen LogP contribution in [0.25, 0.3) is 33.4 Å². The van der Waals surface area contributed by atoms with Crippen molar-refractivity contribution in [1.29, 1.82) is 0 Å². The van der Waals surface area contributed by atoms with Crippen LogP contribution >= 0.6 is 0 Å². The molecule has 0 fully saturated rings. The Kier molecular flexibility index (Phi) is 89.0. The number of hydrogen-bond acceptors (Lipinski definition) is 29. The summed E-state index contributed by atoms with van der Waals surface area (Å²) in [6, 6.07) is 31.9. The van der Waals surface area contributed by atoms with Crippen LogP contribution in [0.15, 0.2) is 136 Å². The average molecular weight is 1940 g/mol. The van der Waals surface area contributed by atoms with Gasteiger partial charge in [0.1, 0.15) is 31.0 Å². The highest BCUT2D eigenvalue weighted by Crippen LogP contribution is 2.29. The summed E-state index contributed by atoms with van der Waals surface area (Å²) in [5.74, 6) is -1.12. The first-order valence-corrected chi connectivity index (χ1v) is 49.1.